The van der Waals surface area contributed by atoms with Gasteiger partial charge in [-0.15, -0.1) is 11.3 Å². The van der Waals surface area contributed by atoms with Gasteiger partial charge in [-0.05, 0) is 23.6 Å². The molecule has 0 radical (unpaired) electrons. The minimum Gasteiger partial charge on any atom is -0.477 e. The van der Waals surface area contributed by atoms with Gasteiger partial charge in [-0.2, -0.15) is 4.98 Å². The fourth-order valence-corrected chi connectivity index (χ4v) is 2.99. The lowest BCUT2D eigenvalue weighted by atomic mass is 10.2. The second kappa shape index (κ2) is 5.21. The second-order valence-corrected chi connectivity index (χ2v) is 5.82. The maximum absolute atomic E-state index is 5.91. The lowest BCUT2D eigenvalue weighted by Gasteiger charge is -2.24. The zero-order valence-electron chi connectivity index (χ0n) is 11.2. The molecule has 1 aliphatic rings. The van der Waals surface area contributed by atoms with E-state index >= 15 is 0 Å². The molecular formula is C15H13N3O2S. The van der Waals surface area contributed by atoms with Gasteiger partial charge in [-0.25, -0.2) is 0 Å². The number of aromatic nitrogens is 2. The number of benzene rings is 1. The summed E-state index contributed by atoms with van der Waals surface area (Å²) >= 11 is 1.69. The number of rotatable bonds is 3. The molecule has 5 nitrogen and oxygen atoms in total. The highest BCUT2D eigenvalue weighted by Gasteiger charge is 2.25. The van der Waals surface area contributed by atoms with Crippen molar-refractivity contribution < 1.29 is 9.26 Å². The first-order chi connectivity index (χ1) is 10.4. The van der Waals surface area contributed by atoms with E-state index in [4.69, 9.17) is 9.26 Å². The number of thiophene rings is 1. The number of hydrogen-bond donors (Lipinski definition) is 1. The number of ether oxygens (including phenoxy) is 1. The molecule has 2 aromatic heterocycles. The molecule has 0 bridgehead atoms. The van der Waals surface area contributed by atoms with E-state index in [9.17, 15) is 0 Å². The lowest BCUT2D eigenvalue weighted by molar-refractivity contribution is 0.163. The van der Waals surface area contributed by atoms with Crippen molar-refractivity contribution >= 4 is 17.0 Å². The third-order valence-corrected chi connectivity index (χ3v) is 4.18. The molecule has 1 aromatic carbocycles. The van der Waals surface area contributed by atoms with E-state index in [0.717, 1.165) is 11.4 Å². The molecule has 0 fully saturated rings. The predicted molar refractivity (Wildman–Crippen MR) is 79.7 cm³/mol. The monoisotopic (exact) mass is 299 g/mol. The van der Waals surface area contributed by atoms with Gasteiger partial charge in [0.1, 0.15) is 5.75 Å². The molecule has 21 heavy (non-hydrogen) atoms. The molecule has 0 amide bonds. The van der Waals surface area contributed by atoms with E-state index in [1.54, 1.807) is 11.3 Å². The number of nitrogens with zero attached hydrogens (tertiary/aromatic N) is 2. The van der Waals surface area contributed by atoms with Crippen molar-refractivity contribution in [2.45, 2.75) is 12.5 Å². The van der Waals surface area contributed by atoms with Gasteiger partial charge in [0.25, 0.3) is 5.89 Å². The van der Waals surface area contributed by atoms with Crippen LogP contribution in [0.15, 0.2) is 46.3 Å². The van der Waals surface area contributed by atoms with Crippen LogP contribution in [0.2, 0.25) is 0 Å². The Balaban J connectivity index is 1.51. The molecule has 1 N–H and O–H groups in total. The summed E-state index contributed by atoms with van der Waals surface area (Å²) in [4.78, 5) is 5.66. The van der Waals surface area contributed by atoms with Crippen LogP contribution in [-0.2, 0) is 6.42 Å². The maximum atomic E-state index is 5.91. The highest BCUT2D eigenvalue weighted by molar-refractivity contribution is 7.09. The van der Waals surface area contributed by atoms with Crippen molar-refractivity contribution in [3.05, 3.63) is 58.4 Å². The topological polar surface area (TPSA) is 60.2 Å². The number of anilines is 1. The fraction of sp³-hybridized carbons (Fsp3) is 0.200. The molecule has 106 valence electrons. The summed E-state index contributed by atoms with van der Waals surface area (Å²) in [6.45, 7) is 0.623. The maximum Gasteiger partial charge on any atom is 0.269 e. The Morgan fingerprint density at radius 3 is 3.10 bits per heavy atom. The van der Waals surface area contributed by atoms with Crippen molar-refractivity contribution in [3.8, 4) is 5.75 Å². The quantitative estimate of drug-likeness (QED) is 0.804. The Kier molecular flexibility index (Phi) is 3.08. The van der Waals surface area contributed by atoms with Crippen LogP contribution in [-0.4, -0.2) is 16.7 Å². The zero-order chi connectivity index (χ0) is 14.1. The van der Waals surface area contributed by atoms with Gasteiger partial charge >= 0.3 is 0 Å². The first-order valence-corrected chi connectivity index (χ1v) is 7.61. The molecule has 0 spiro atoms. The van der Waals surface area contributed by atoms with Crippen LogP contribution in [0.3, 0.4) is 0 Å². The van der Waals surface area contributed by atoms with Gasteiger partial charge in [0.15, 0.2) is 11.9 Å². The second-order valence-electron chi connectivity index (χ2n) is 4.79. The van der Waals surface area contributed by atoms with Gasteiger partial charge in [0, 0.05) is 11.3 Å². The molecule has 1 unspecified atom stereocenters. The van der Waals surface area contributed by atoms with E-state index in [2.05, 4.69) is 21.5 Å². The molecule has 1 atom stereocenters. The van der Waals surface area contributed by atoms with E-state index in [0.29, 0.717) is 24.7 Å². The summed E-state index contributed by atoms with van der Waals surface area (Å²) in [6.07, 6.45) is 0.447. The molecule has 6 heteroatoms. The molecule has 1 aliphatic heterocycles. The van der Waals surface area contributed by atoms with Gasteiger partial charge in [0.05, 0.1) is 12.2 Å². The third kappa shape index (κ3) is 2.50. The standard InChI is InChI=1S/C15H13N3O2S/c1-2-6-12-11(5-1)16-9-13(19-12)15-17-14(18-20-15)8-10-4-3-7-21-10/h1-7,13,16H,8-9H2. The molecule has 0 saturated carbocycles. The van der Waals surface area contributed by atoms with Gasteiger partial charge in [-0.1, -0.05) is 23.4 Å². The number of nitrogens with one attached hydrogen (secondary N) is 1. The summed E-state index contributed by atoms with van der Waals surface area (Å²) in [5.41, 5.74) is 0.993. The Bertz CT molecular complexity index is 739. The van der Waals surface area contributed by atoms with E-state index < -0.39 is 0 Å². The third-order valence-electron chi connectivity index (χ3n) is 3.31. The highest BCUT2D eigenvalue weighted by atomic mass is 32.1. The normalized spacial score (nSPS) is 16.9. The molecule has 3 heterocycles. The largest absolute Gasteiger partial charge is 0.477 e. The summed E-state index contributed by atoms with van der Waals surface area (Å²) < 4.78 is 11.3. The Hall–Kier alpha value is -2.34. The Labute approximate surface area is 125 Å². The Morgan fingerprint density at radius 2 is 2.19 bits per heavy atom. The zero-order valence-corrected chi connectivity index (χ0v) is 12.0. The first kappa shape index (κ1) is 12.4. The molecular weight excluding hydrogens is 286 g/mol. The predicted octanol–water partition coefficient (Wildman–Crippen LogP) is 3.27. The lowest BCUT2D eigenvalue weighted by Crippen LogP contribution is -2.23. The smallest absolute Gasteiger partial charge is 0.269 e. The van der Waals surface area contributed by atoms with Crippen LogP contribution in [0, 0.1) is 0 Å². The van der Waals surface area contributed by atoms with Gasteiger partial charge in [0.2, 0.25) is 0 Å². The van der Waals surface area contributed by atoms with E-state index in [1.807, 2.05) is 35.7 Å². The van der Waals surface area contributed by atoms with Crippen LogP contribution >= 0.6 is 11.3 Å². The first-order valence-electron chi connectivity index (χ1n) is 6.73. The Morgan fingerprint density at radius 1 is 1.24 bits per heavy atom. The summed E-state index contributed by atoms with van der Waals surface area (Å²) in [7, 11) is 0. The average Bonchev–Trinajstić information content (AvgIpc) is 3.19. The molecule has 0 saturated heterocycles. The van der Waals surface area contributed by atoms with Crippen molar-refractivity contribution in [2.75, 3.05) is 11.9 Å². The molecule has 0 aliphatic carbocycles. The van der Waals surface area contributed by atoms with Crippen LogP contribution < -0.4 is 10.1 Å². The number of hydrogen-bond acceptors (Lipinski definition) is 6. The average molecular weight is 299 g/mol. The SMILES string of the molecule is c1csc(Cc2noc(C3CNc4ccccc4O3)n2)c1. The van der Waals surface area contributed by atoms with Crippen LogP contribution in [0.1, 0.15) is 22.7 Å². The number of para-hydroxylation sites is 2. The minimum atomic E-state index is -0.246. The van der Waals surface area contributed by atoms with E-state index in [-0.39, 0.29) is 6.10 Å². The van der Waals surface area contributed by atoms with Crippen molar-refractivity contribution in [2.24, 2.45) is 0 Å². The van der Waals surface area contributed by atoms with Crippen LogP contribution in [0.4, 0.5) is 5.69 Å². The summed E-state index contributed by atoms with van der Waals surface area (Å²) in [5, 5.41) is 9.39. The molecule has 3 aromatic rings. The number of fused-ring (bicyclic) bond motifs is 1. The summed E-state index contributed by atoms with van der Waals surface area (Å²) in [5.74, 6) is 2.02. The van der Waals surface area contributed by atoms with Crippen molar-refractivity contribution in [3.63, 3.8) is 0 Å². The highest BCUT2D eigenvalue weighted by Crippen LogP contribution is 2.33. The van der Waals surface area contributed by atoms with Gasteiger partial charge in [-0.3, -0.25) is 0 Å². The van der Waals surface area contributed by atoms with Crippen molar-refractivity contribution in [1.29, 1.82) is 0 Å². The van der Waals surface area contributed by atoms with Crippen LogP contribution in [0.5, 0.6) is 5.75 Å². The summed E-state index contributed by atoms with van der Waals surface area (Å²) in [6, 6.07) is 11.9. The van der Waals surface area contributed by atoms with Crippen LogP contribution in [0.25, 0.3) is 0 Å². The fourth-order valence-electron chi connectivity index (χ4n) is 2.29. The van der Waals surface area contributed by atoms with E-state index in [1.165, 1.54) is 4.88 Å². The van der Waals surface area contributed by atoms with Gasteiger partial charge < -0.3 is 14.6 Å². The van der Waals surface area contributed by atoms with Crippen molar-refractivity contribution in [1.82, 2.24) is 10.1 Å². The molecule has 4 rings (SSSR count). The minimum absolute atomic E-state index is 0.246.